The van der Waals surface area contributed by atoms with Crippen LogP contribution >= 0.6 is 0 Å². The van der Waals surface area contributed by atoms with Crippen LogP contribution in [0.3, 0.4) is 0 Å². The summed E-state index contributed by atoms with van der Waals surface area (Å²) in [6.45, 7) is 7.55. The summed E-state index contributed by atoms with van der Waals surface area (Å²) in [7, 11) is 0. The van der Waals surface area contributed by atoms with Crippen molar-refractivity contribution in [2.45, 2.75) is 25.8 Å². The van der Waals surface area contributed by atoms with Crippen LogP contribution in [0.25, 0.3) is 0 Å². The highest BCUT2D eigenvalue weighted by atomic mass is 16.2. The highest BCUT2D eigenvalue weighted by Crippen LogP contribution is 2.22. The van der Waals surface area contributed by atoms with Crippen molar-refractivity contribution in [2.75, 3.05) is 56.0 Å². The molecule has 2 heterocycles. The zero-order valence-corrected chi connectivity index (χ0v) is 17.2. The fourth-order valence-corrected chi connectivity index (χ4v) is 4.23. The first-order chi connectivity index (χ1) is 14.3. The summed E-state index contributed by atoms with van der Waals surface area (Å²) in [6.07, 6.45) is 3.14. The summed E-state index contributed by atoms with van der Waals surface area (Å²) in [4.78, 5) is 19.4. The molecule has 2 aromatic carbocycles. The Kier molecular flexibility index (Phi) is 6.67. The zero-order chi connectivity index (χ0) is 19.9. The highest BCUT2D eigenvalue weighted by molar-refractivity contribution is 5.77. The topological polar surface area (TPSA) is 38.8 Å². The van der Waals surface area contributed by atoms with Crippen LogP contribution in [0.2, 0.25) is 0 Å². The summed E-state index contributed by atoms with van der Waals surface area (Å²) in [5.41, 5.74) is 3.73. The molecule has 2 aromatic rings. The average Bonchev–Trinajstić information content (AvgIpc) is 3.30. The van der Waals surface area contributed by atoms with E-state index in [1.54, 1.807) is 0 Å². The quantitative estimate of drug-likeness (QED) is 0.784. The lowest BCUT2D eigenvalue weighted by Crippen LogP contribution is -2.48. The Morgan fingerprint density at radius 3 is 2.21 bits per heavy atom. The average molecular weight is 393 g/mol. The van der Waals surface area contributed by atoms with Gasteiger partial charge >= 0.3 is 0 Å². The predicted molar refractivity (Wildman–Crippen MR) is 119 cm³/mol. The lowest BCUT2D eigenvalue weighted by atomic mass is 10.2. The molecule has 0 atom stereocenters. The van der Waals surface area contributed by atoms with E-state index in [0.29, 0.717) is 13.0 Å². The van der Waals surface area contributed by atoms with Gasteiger partial charge < -0.3 is 15.1 Å². The molecule has 0 aliphatic carbocycles. The Balaban J connectivity index is 1.16. The van der Waals surface area contributed by atoms with E-state index in [2.05, 4.69) is 69.7 Å². The van der Waals surface area contributed by atoms with Gasteiger partial charge in [-0.05, 0) is 42.7 Å². The normalized spacial score (nSPS) is 17.5. The summed E-state index contributed by atoms with van der Waals surface area (Å²) in [5, 5.41) is 3.40. The number of benzene rings is 2. The van der Waals surface area contributed by atoms with Gasteiger partial charge in [-0.2, -0.15) is 0 Å². The molecule has 2 aliphatic heterocycles. The van der Waals surface area contributed by atoms with Crippen molar-refractivity contribution in [3.8, 4) is 0 Å². The number of nitrogens with zero attached hydrogens (tertiary/aromatic N) is 3. The number of anilines is 2. The molecular weight excluding hydrogens is 360 g/mol. The molecule has 2 fully saturated rings. The molecule has 1 N–H and O–H groups in total. The first kappa shape index (κ1) is 19.8. The second kappa shape index (κ2) is 9.79. The second-order valence-electron chi connectivity index (χ2n) is 8.06. The fourth-order valence-electron chi connectivity index (χ4n) is 4.23. The standard InChI is InChI=1S/C24H32N4O/c29-24(28-18-16-26(17-19-28)20-21-6-2-1-3-7-21)12-13-25-22-8-10-23(11-9-22)27-14-4-5-15-27/h1-3,6-11,25H,4-5,12-20H2. The number of hydrogen-bond acceptors (Lipinski definition) is 4. The second-order valence-corrected chi connectivity index (χ2v) is 8.06. The Morgan fingerprint density at radius 1 is 0.828 bits per heavy atom. The molecular formula is C24H32N4O. The van der Waals surface area contributed by atoms with E-state index < -0.39 is 0 Å². The minimum atomic E-state index is 0.255. The van der Waals surface area contributed by atoms with Crippen molar-refractivity contribution >= 4 is 17.3 Å². The molecule has 4 rings (SSSR count). The molecule has 0 aromatic heterocycles. The zero-order valence-electron chi connectivity index (χ0n) is 17.2. The monoisotopic (exact) mass is 392 g/mol. The Hall–Kier alpha value is -2.53. The number of amides is 1. The summed E-state index contributed by atoms with van der Waals surface area (Å²) < 4.78 is 0. The molecule has 5 heteroatoms. The van der Waals surface area contributed by atoms with Crippen molar-refractivity contribution in [2.24, 2.45) is 0 Å². The maximum Gasteiger partial charge on any atom is 0.224 e. The molecule has 154 valence electrons. The predicted octanol–water partition coefficient (Wildman–Crippen LogP) is 3.43. The first-order valence-corrected chi connectivity index (χ1v) is 10.9. The van der Waals surface area contributed by atoms with Crippen LogP contribution in [-0.4, -0.2) is 61.5 Å². The van der Waals surface area contributed by atoms with Gasteiger partial charge in [0.1, 0.15) is 0 Å². The molecule has 2 saturated heterocycles. The third-order valence-electron chi connectivity index (χ3n) is 5.98. The van der Waals surface area contributed by atoms with Gasteiger partial charge in [0.25, 0.3) is 0 Å². The number of nitrogens with one attached hydrogen (secondary N) is 1. The van der Waals surface area contributed by atoms with Crippen LogP contribution < -0.4 is 10.2 Å². The molecule has 0 radical (unpaired) electrons. The lowest BCUT2D eigenvalue weighted by Gasteiger charge is -2.34. The van der Waals surface area contributed by atoms with E-state index in [4.69, 9.17) is 0 Å². The summed E-state index contributed by atoms with van der Waals surface area (Å²) in [5.74, 6) is 0.255. The van der Waals surface area contributed by atoms with Crippen LogP contribution in [-0.2, 0) is 11.3 Å². The van der Waals surface area contributed by atoms with Crippen molar-refractivity contribution in [3.05, 3.63) is 60.2 Å². The molecule has 0 unspecified atom stereocenters. The van der Waals surface area contributed by atoms with Crippen molar-refractivity contribution in [3.63, 3.8) is 0 Å². The van der Waals surface area contributed by atoms with Gasteiger partial charge in [-0.3, -0.25) is 9.69 Å². The number of carbonyl (C=O) groups is 1. The SMILES string of the molecule is O=C(CCNc1ccc(N2CCCC2)cc1)N1CCN(Cc2ccccc2)CC1. The Labute approximate surface area is 174 Å². The molecule has 0 bridgehead atoms. The lowest BCUT2D eigenvalue weighted by molar-refractivity contribution is -0.132. The minimum absolute atomic E-state index is 0.255. The summed E-state index contributed by atoms with van der Waals surface area (Å²) in [6, 6.07) is 19.2. The Morgan fingerprint density at radius 2 is 1.52 bits per heavy atom. The first-order valence-electron chi connectivity index (χ1n) is 10.9. The van der Waals surface area contributed by atoms with Crippen LogP contribution in [0.5, 0.6) is 0 Å². The number of piperazine rings is 1. The van der Waals surface area contributed by atoms with E-state index in [-0.39, 0.29) is 5.91 Å². The molecule has 29 heavy (non-hydrogen) atoms. The largest absolute Gasteiger partial charge is 0.385 e. The number of carbonyl (C=O) groups excluding carboxylic acids is 1. The van der Waals surface area contributed by atoms with Gasteiger partial charge in [-0.25, -0.2) is 0 Å². The van der Waals surface area contributed by atoms with Crippen molar-refractivity contribution in [1.29, 1.82) is 0 Å². The third-order valence-corrected chi connectivity index (χ3v) is 5.98. The smallest absolute Gasteiger partial charge is 0.224 e. The number of hydrogen-bond donors (Lipinski definition) is 1. The van der Waals surface area contributed by atoms with Crippen LogP contribution in [0, 0.1) is 0 Å². The third kappa shape index (κ3) is 5.51. The van der Waals surface area contributed by atoms with Gasteiger partial charge in [0, 0.05) is 70.2 Å². The van der Waals surface area contributed by atoms with E-state index in [1.807, 2.05) is 4.90 Å². The van der Waals surface area contributed by atoms with E-state index in [1.165, 1.54) is 37.2 Å². The van der Waals surface area contributed by atoms with Gasteiger partial charge in [0.2, 0.25) is 5.91 Å². The molecule has 1 amide bonds. The maximum absolute atomic E-state index is 12.5. The van der Waals surface area contributed by atoms with Crippen LogP contribution in [0.4, 0.5) is 11.4 Å². The van der Waals surface area contributed by atoms with E-state index in [0.717, 1.165) is 38.4 Å². The van der Waals surface area contributed by atoms with Crippen LogP contribution in [0.15, 0.2) is 54.6 Å². The molecule has 5 nitrogen and oxygen atoms in total. The van der Waals surface area contributed by atoms with Crippen molar-refractivity contribution < 1.29 is 4.79 Å². The minimum Gasteiger partial charge on any atom is -0.385 e. The van der Waals surface area contributed by atoms with Gasteiger partial charge in [-0.1, -0.05) is 30.3 Å². The van der Waals surface area contributed by atoms with E-state index in [9.17, 15) is 4.79 Å². The summed E-state index contributed by atoms with van der Waals surface area (Å²) >= 11 is 0. The van der Waals surface area contributed by atoms with Crippen molar-refractivity contribution in [1.82, 2.24) is 9.80 Å². The number of rotatable bonds is 7. The highest BCUT2D eigenvalue weighted by Gasteiger charge is 2.20. The molecule has 0 spiro atoms. The fraction of sp³-hybridized carbons (Fsp3) is 0.458. The van der Waals surface area contributed by atoms with Gasteiger partial charge in [-0.15, -0.1) is 0 Å². The van der Waals surface area contributed by atoms with Crippen LogP contribution in [0.1, 0.15) is 24.8 Å². The Bertz CT molecular complexity index is 763. The van der Waals surface area contributed by atoms with Gasteiger partial charge in [0.05, 0.1) is 0 Å². The van der Waals surface area contributed by atoms with E-state index >= 15 is 0 Å². The molecule has 0 saturated carbocycles. The maximum atomic E-state index is 12.5. The molecule has 2 aliphatic rings. The van der Waals surface area contributed by atoms with Gasteiger partial charge in [0.15, 0.2) is 0 Å².